The number of amides is 2. The van der Waals surface area contributed by atoms with Crippen LogP contribution < -0.4 is 10.6 Å². The highest BCUT2D eigenvalue weighted by Crippen LogP contribution is 2.23. The second-order valence-corrected chi connectivity index (χ2v) is 8.44. The van der Waals surface area contributed by atoms with E-state index >= 15 is 0 Å². The molecule has 2 amide bonds. The molecule has 0 fully saturated rings. The van der Waals surface area contributed by atoms with Gasteiger partial charge in [0.2, 0.25) is 5.91 Å². The Morgan fingerprint density at radius 2 is 1.97 bits per heavy atom. The van der Waals surface area contributed by atoms with Crippen molar-refractivity contribution in [2.75, 3.05) is 11.1 Å². The molecule has 2 aromatic carbocycles. The van der Waals surface area contributed by atoms with E-state index in [4.69, 9.17) is 11.6 Å². The van der Waals surface area contributed by atoms with Gasteiger partial charge in [0.1, 0.15) is 5.82 Å². The second-order valence-electron chi connectivity index (χ2n) is 7.06. The summed E-state index contributed by atoms with van der Waals surface area (Å²) in [6, 6.07) is 10.6. The molecule has 0 radical (unpaired) electrons. The number of aryl methyl sites for hydroxylation is 1. The molecule has 168 valence electrons. The maximum absolute atomic E-state index is 13.9. The van der Waals surface area contributed by atoms with Gasteiger partial charge in [0, 0.05) is 17.3 Å². The van der Waals surface area contributed by atoms with E-state index in [1.165, 1.54) is 30.0 Å². The van der Waals surface area contributed by atoms with Crippen LogP contribution in [0.1, 0.15) is 41.6 Å². The van der Waals surface area contributed by atoms with E-state index < -0.39 is 17.8 Å². The van der Waals surface area contributed by atoms with Gasteiger partial charge in [-0.3, -0.25) is 9.59 Å². The lowest BCUT2D eigenvalue weighted by Gasteiger charge is -2.15. The van der Waals surface area contributed by atoms with E-state index in [1.54, 1.807) is 25.1 Å². The van der Waals surface area contributed by atoms with Gasteiger partial charge < -0.3 is 15.2 Å². The number of nitrogens with zero attached hydrogens (tertiary/aromatic N) is 3. The normalized spacial score (nSPS) is 11.8. The fraction of sp³-hybridized carbons (Fsp3) is 0.273. The number of carbonyl (C=O) groups is 2. The summed E-state index contributed by atoms with van der Waals surface area (Å²) in [4.78, 5) is 24.8. The molecule has 0 aliphatic heterocycles. The lowest BCUT2D eigenvalue weighted by atomic mass is 10.2. The van der Waals surface area contributed by atoms with Gasteiger partial charge in [-0.1, -0.05) is 41.6 Å². The standard InChI is InChI=1S/C22H23ClFN5O2S/c1-4-29-20(14(3)25-21(31)16-7-5-6-8-17(16)24)27-28-22(29)32-12-19(30)26-18-11-15(23)10-9-13(18)2/h5-11,14H,4,12H2,1-3H3,(H,25,31)(H,26,30)/t14-/m0/s1. The van der Waals surface area contributed by atoms with Crippen molar-refractivity contribution in [2.45, 2.75) is 38.5 Å². The Morgan fingerprint density at radius 3 is 2.69 bits per heavy atom. The Balaban J connectivity index is 1.65. The molecule has 0 spiro atoms. The fourth-order valence-electron chi connectivity index (χ4n) is 3.05. The van der Waals surface area contributed by atoms with E-state index in [0.29, 0.717) is 28.2 Å². The highest BCUT2D eigenvalue weighted by Gasteiger charge is 2.21. The van der Waals surface area contributed by atoms with Crippen LogP contribution in [0.15, 0.2) is 47.6 Å². The van der Waals surface area contributed by atoms with E-state index in [0.717, 1.165) is 5.56 Å². The third-order valence-corrected chi connectivity index (χ3v) is 5.92. The van der Waals surface area contributed by atoms with Crippen molar-refractivity contribution >= 4 is 40.9 Å². The van der Waals surface area contributed by atoms with Gasteiger partial charge in [-0.2, -0.15) is 0 Å². The van der Waals surface area contributed by atoms with Crippen molar-refractivity contribution in [3.63, 3.8) is 0 Å². The zero-order chi connectivity index (χ0) is 23.3. The minimum atomic E-state index is -0.591. The average molecular weight is 476 g/mol. The van der Waals surface area contributed by atoms with Crippen LogP contribution in [0.5, 0.6) is 0 Å². The number of hydrogen-bond donors (Lipinski definition) is 2. The number of anilines is 1. The molecule has 1 aromatic heterocycles. The Hall–Kier alpha value is -2.91. The molecule has 10 heteroatoms. The first-order valence-electron chi connectivity index (χ1n) is 9.97. The van der Waals surface area contributed by atoms with Crippen LogP contribution in [0.3, 0.4) is 0 Å². The molecule has 0 unspecified atom stereocenters. The van der Waals surface area contributed by atoms with E-state index in [2.05, 4.69) is 20.8 Å². The molecule has 0 bridgehead atoms. The predicted molar refractivity (Wildman–Crippen MR) is 124 cm³/mol. The van der Waals surface area contributed by atoms with Crippen LogP contribution in [0.2, 0.25) is 5.02 Å². The molecule has 0 aliphatic carbocycles. The number of thioether (sulfide) groups is 1. The van der Waals surface area contributed by atoms with Gasteiger partial charge in [0.05, 0.1) is 17.4 Å². The number of rotatable bonds is 8. The maximum atomic E-state index is 13.9. The number of benzene rings is 2. The number of nitrogens with one attached hydrogen (secondary N) is 2. The van der Waals surface area contributed by atoms with Gasteiger partial charge in [0.25, 0.3) is 5.91 Å². The van der Waals surface area contributed by atoms with Crippen LogP contribution in [0, 0.1) is 12.7 Å². The first-order chi connectivity index (χ1) is 15.3. The summed E-state index contributed by atoms with van der Waals surface area (Å²) in [5.74, 6) is -0.683. The van der Waals surface area contributed by atoms with Crippen molar-refractivity contribution in [1.29, 1.82) is 0 Å². The minimum absolute atomic E-state index is 0.0375. The first kappa shape index (κ1) is 23.7. The molecule has 1 heterocycles. The molecule has 3 aromatic rings. The molecule has 0 saturated heterocycles. The van der Waals surface area contributed by atoms with Gasteiger partial charge >= 0.3 is 0 Å². The first-order valence-corrected chi connectivity index (χ1v) is 11.3. The molecule has 1 atom stereocenters. The van der Waals surface area contributed by atoms with Gasteiger partial charge in [0.15, 0.2) is 11.0 Å². The largest absolute Gasteiger partial charge is 0.342 e. The van der Waals surface area contributed by atoms with Crippen LogP contribution in [0.25, 0.3) is 0 Å². The smallest absolute Gasteiger partial charge is 0.254 e. The van der Waals surface area contributed by atoms with Crippen molar-refractivity contribution in [2.24, 2.45) is 0 Å². The van der Waals surface area contributed by atoms with Crippen LogP contribution in [-0.2, 0) is 11.3 Å². The zero-order valence-corrected chi connectivity index (χ0v) is 19.4. The summed E-state index contributed by atoms with van der Waals surface area (Å²) < 4.78 is 15.7. The Morgan fingerprint density at radius 1 is 1.22 bits per heavy atom. The van der Waals surface area contributed by atoms with Crippen molar-refractivity contribution in [1.82, 2.24) is 20.1 Å². The second kappa shape index (κ2) is 10.6. The quantitative estimate of drug-likeness (QED) is 0.464. The summed E-state index contributed by atoms with van der Waals surface area (Å²) in [5, 5.41) is 15.0. The van der Waals surface area contributed by atoms with E-state index in [9.17, 15) is 14.0 Å². The molecule has 3 rings (SSSR count). The van der Waals surface area contributed by atoms with E-state index in [-0.39, 0.29) is 17.2 Å². The Labute approximate surface area is 194 Å². The lowest BCUT2D eigenvalue weighted by molar-refractivity contribution is -0.113. The number of carbonyl (C=O) groups excluding carboxylic acids is 2. The monoisotopic (exact) mass is 475 g/mol. The van der Waals surface area contributed by atoms with Crippen molar-refractivity contribution < 1.29 is 14.0 Å². The summed E-state index contributed by atoms with van der Waals surface area (Å²) in [7, 11) is 0. The van der Waals surface area contributed by atoms with Crippen LogP contribution >= 0.6 is 23.4 Å². The van der Waals surface area contributed by atoms with Crippen LogP contribution in [-0.4, -0.2) is 32.3 Å². The third kappa shape index (κ3) is 5.66. The summed E-state index contributed by atoms with van der Waals surface area (Å²) in [5.41, 5.74) is 1.53. The number of hydrogen-bond acceptors (Lipinski definition) is 5. The topological polar surface area (TPSA) is 88.9 Å². The predicted octanol–water partition coefficient (Wildman–Crippen LogP) is 4.62. The molecule has 7 nitrogen and oxygen atoms in total. The molecule has 32 heavy (non-hydrogen) atoms. The zero-order valence-electron chi connectivity index (χ0n) is 17.9. The van der Waals surface area contributed by atoms with Crippen molar-refractivity contribution in [3.05, 3.63) is 70.3 Å². The Bertz CT molecular complexity index is 1140. The fourth-order valence-corrected chi connectivity index (χ4v) is 4.04. The van der Waals surface area contributed by atoms with Crippen molar-refractivity contribution in [3.8, 4) is 0 Å². The number of aromatic nitrogens is 3. The molecule has 0 saturated carbocycles. The number of halogens is 2. The van der Waals surface area contributed by atoms with E-state index in [1.807, 2.05) is 24.5 Å². The lowest BCUT2D eigenvalue weighted by Crippen LogP contribution is -2.29. The highest BCUT2D eigenvalue weighted by molar-refractivity contribution is 7.99. The summed E-state index contributed by atoms with van der Waals surface area (Å²) in [6.45, 7) is 6.09. The summed E-state index contributed by atoms with van der Waals surface area (Å²) in [6.07, 6.45) is 0. The molecular weight excluding hydrogens is 453 g/mol. The van der Waals surface area contributed by atoms with Crippen LogP contribution in [0.4, 0.5) is 10.1 Å². The molecule has 2 N–H and O–H groups in total. The average Bonchev–Trinajstić information content (AvgIpc) is 3.18. The van der Waals surface area contributed by atoms with Gasteiger partial charge in [-0.05, 0) is 50.6 Å². The van der Waals surface area contributed by atoms with Gasteiger partial charge in [-0.15, -0.1) is 10.2 Å². The Kier molecular flexibility index (Phi) is 7.87. The summed E-state index contributed by atoms with van der Waals surface area (Å²) >= 11 is 7.24. The van der Waals surface area contributed by atoms with Gasteiger partial charge in [-0.25, -0.2) is 4.39 Å². The SMILES string of the molecule is CCn1c(SCC(=O)Nc2cc(Cl)ccc2C)nnc1[C@H](C)NC(=O)c1ccccc1F. The maximum Gasteiger partial charge on any atom is 0.254 e. The molecule has 0 aliphatic rings. The molecular formula is C22H23ClFN5O2S. The third-order valence-electron chi connectivity index (χ3n) is 4.72. The highest BCUT2D eigenvalue weighted by atomic mass is 35.5. The minimum Gasteiger partial charge on any atom is -0.342 e.